The van der Waals surface area contributed by atoms with Crippen LogP contribution in [0.4, 0.5) is 0 Å². The molecule has 48 heavy (non-hydrogen) atoms. The molecule has 0 radical (unpaired) electrons. The van der Waals surface area contributed by atoms with Gasteiger partial charge < -0.3 is 8.83 Å². The van der Waals surface area contributed by atoms with E-state index in [1.54, 1.807) is 0 Å². The van der Waals surface area contributed by atoms with E-state index in [2.05, 4.69) is 72.8 Å². The first-order chi connectivity index (χ1) is 23.8. The topological polar surface area (TPSA) is 65.0 Å². The van der Waals surface area contributed by atoms with Crippen molar-refractivity contribution in [2.75, 3.05) is 0 Å². The molecule has 5 nitrogen and oxygen atoms in total. The Morgan fingerprint density at radius 1 is 0.333 bits per heavy atom. The van der Waals surface area contributed by atoms with Crippen molar-refractivity contribution in [1.82, 2.24) is 15.0 Å². The maximum Gasteiger partial charge on any atom is 0.164 e. The second-order valence-corrected chi connectivity index (χ2v) is 12.0. The summed E-state index contributed by atoms with van der Waals surface area (Å²) in [6.45, 7) is 0. The summed E-state index contributed by atoms with van der Waals surface area (Å²) < 4.78 is 12.6. The lowest BCUT2D eigenvalue weighted by Gasteiger charge is -2.10. The molecule has 0 aliphatic rings. The van der Waals surface area contributed by atoms with Gasteiger partial charge in [-0.05, 0) is 64.4 Å². The van der Waals surface area contributed by atoms with Crippen molar-refractivity contribution in [2.45, 2.75) is 0 Å². The van der Waals surface area contributed by atoms with Gasteiger partial charge in [-0.3, -0.25) is 0 Å². The minimum Gasteiger partial charge on any atom is -0.456 e. The highest BCUT2D eigenvalue weighted by Crippen LogP contribution is 2.42. The van der Waals surface area contributed by atoms with Crippen molar-refractivity contribution in [3.8, 4) is 45.3 Å². The minimum absolute atomic E-state index is 0.581. The van der Waals surface area contributed by atoms with Gasteiger partial charge in [-0.15, -0.1) is 0 Å². The number of aromatic nitrogens is 3. The zero-order valence-electron chi connectivity index (χ0n) is 25.6. The Hall–Kier alpha value is -6.59. The molecular weight excluding hydrogens is 590 g/mol. The smallest absolute Gasteiger partial charge is 0.164 e. The third-order valence-electron chi connectivity index (χ3n) is 9.13. The van der Waals surface area contributed by atoms with Gasteiger partial charge in [0.05, 0.1) is 0 Å². The second kappa shape index (κ2) is 10.5. The van der Waals surface area contributed by atoms with Crippen LogP contribution in [-0.4, -0.2) is 15.0 Å². The lowest BCUT2D eigenvalue weighted by atomic mass is 9.95. The lowest BCUT2D eigenvalue weighted by molar-refractivity contribution is 0.668. The summed E-state index contributed by atoms with van der Waals surface area (Å²) in [6.07, 6.45) is 0. The van der Waals surface area contributed by atoms with Gasteiger partial charge in [-0.2, -0.15) is 0 Å². The van der Waals surface area contributed by atoms with E-state index in [0.717, 1.165) is 71.7 Å². The number of rotatable bonds is 4. The molecule has 0 atom stereocenters. The summed E-state index contributed by atoms with van der Waals surface area (Å²) in [5, 5.41) is 6.49. The number of furan rings is 2. The van der Waals surface area contributed by atoms with Gasteiger partial charge >= 0.3 is 0 Å². The van der Waals surface area contributed by atoms with Gasteiger partial charge in [0.15, 0.2) is 17.5 Å². The van der Waals surface area contributed by atoms with Gasteiger partial charge in [0.25, 0.3) is 0 Å². The number of hydrogen-bond donors (Lipinski definition) is 0. The Labute approximate surface area is 274 Å². The average molecular weight is 616 g/mol. The Morgan fingerprint density at radius 2 is 0.938 bits per heavy atom. The molecule has 0 amide bonds. The van der Waals surface area contributed by atoms with Crippen LogP contribution in [0.3, 0.4) is 0 Å². The summed E-state index contributed by atoms with van der Waals surface area (Å²) in [4.78, 5) is 15.3. The Morgan fingerprint density at radius 3 is 1.79 bits per heavy atom. The third-order valence-corrected chi connectivity index (χ3v) is 9.13. The number of para-hydroxylation sites is 1. The van der Waals surface area contributed by atoms with Crippen molar-refractivity contribution >= 4 is 54.6 Å². The molecule has 0 unspecified atom stereocenters. The highest BCUT2D eigenvalue weighted by atomic mass is 16.3. The maximum absolute atomic E-state index is 6.49. The molecule has 0 saturated heterocycles. The largest absolute Gasteiger partial charge is 0.456 e. The SMILES string of the molecule is c1ccc(-c2nc(-c3ccc4oc5ccccc5c4c3)nc(-c3cccc4oc5cccc(-c6ccc7ccccc7c6)c5c34)n2)cc1. The first-order valence-electron chi connectivity index (χ1n) is 15.9. The number of fused-ring (bicyclic) bond motifs is 7. The zero-order chi connectivity index (χ0) is 31.6. The van der Waals surface area contributed by atoms with E-state index < -0.39 is 0 Å². The van der Waals surface area contributed by atoms with Crippen molar-refractivity contribution < 1.29 is 8.83 Å². The lowest BCUT2D eigenvalue weighted by Crippen LogP contribution is -2.00. The van der Waals surface area contributed by atoms with Gasteiger partial charge in [0.1, 0.15) is 22.3 Å². The quantitative estimate of drug-likeness (QED) is 0.197. The van der Waals surface area contributed by atoms with Crippen molar-refractivity contribution in [3.05, 3.63) is 152 Å². The van der Waals surface area contributed by atoms with Gasteiger partial charge in [0.2, 0.25) is 0 Å². The van der Waals surface area contributed by atoms with E-state index in [9.17, 15) is 0 Å². The fraction of sp³-hybridized carbons (Fsp3) is 0. The fourth-order valence-corrected chi connectivity index (χ4v) is 6.86. The highest BCUT2D eigenvalue weighted by Gasteiger charge is 2.20. The molecule has 0 saturated carbocycles. The van der Waals surface area contributed by atoms with Gasteiger partial charge in [0, 0.05) is 38.2 Å². The predicted octanol–water partition coefficient (Wildman–Crippen LogP) is 11.5. The van der Waals surface area contributed by atoms with Crippen LogP contribution < -0.4 is 0 Å². The molecule has 3 heterocycles. The summed E-state index contributed by atoms with van der Waals surface area (Å²) in [7, 11) is 0. The molecule has 7 aromatic carbocycles. The van der Waals surface area contributed by atoms with E-state index in [1.165, 1.54) is 10.8 Å². The molecule has 3 aromatic heterocycles. The summed E-state index contributed by atoms with van der Waals surface area (Å²) in [5.41, 5.74) is 8.19. The fourth-order valence-electron chi connectivity index (χ4n) is 6.86. The molecule has 0 aliphatic carbocycles. The molecule has 0 N–H and O–H groups in total. The van der Waals surface area contributed by atoms with Crippen LogP contribution in [0.2, 0.25) is 0 Å². The van der Waals surface area contributed by atoms with Crippen LogP contribution in [0.1, 0.15) is 0 Å². The molecule has 0 aliphatic heterocycles. The maximum atomic E-state index is 6.49. The van der Waals surface area contributed by atoms with Crippen LogP contribution >= 0.6 is 0 Å². The monoisotopic (exact) mass is 615 g/mol. The molecule has 0 spiro atoms. The molecule has 10 aromatic rings. The molecule has 0 bridgehead atoms. The minimum atomic E-state index is 0.581. The van der Waals surface area contributed by atoms with Crippen LogP contribution in [0.5, 0.6) is 0 Å². The zero-order valence-corrected chi connectivity index (χ0v) is 25.6. The number of benzene rings is 7. The Bertz CT molecular complexity index is 2850. The van der Waals surface area contributed by atoms with Crippen molar-refractivity contribution in [3.63, 3.8) is 0 Å². The summed E-state index contributed by atoms with van der Waals surface area (Å²) in [5.74, 6) is 1.77. The molecular formula is C43H25N3O2. The molecule has 5 heteroatoms. The van der Waals surface area contributed by atoms with Crippen molar-refractivity contribution in [2.24, 2.45) is 0 Å². The highest BCUT2D eigenvalue weighted by molar-refractivity contribution is 6.17. The predicted molar refractivity (Wildman–Crippen MR) is 194 cm³/mol. The summed E-state index contributed by atoms with van der Waals surface area (Å²) in [6, 6.07) is 51.7. The van der Waals surface area contributed by atoms with Gasteiger partial charge in [-0.25, -0.2) is 15.0 Å². The van der Waals surface area contributed by atoms with Crippen LogP contribution in [0.25, 0.3) is 99.9 Å². The van der Waals surface area contributed by atoms with Crippen LogP contribution in [0.15, 0.2) is 160 Å². The molecule has 0 fully saturated rings. The molecule has 224 valence electrons. The van der Waals surface area contributed by atoms with E-state index in [-0.39, 0.29) is 0 Å². The standard InChI is InChI=1S/C43H25N3O2/c1-2-11-27(12-3-1)41-44-42(30-22-23-36-34(25-30)32-14-6-7-17-35(32)47-36)46-43(45-41)33-16-9-19-38-40(33)39-31(15-8-18-37(39)48-38)29-21-20-26-10-4-5-13-28(26)24-29/h1-25H. The van der Waals surface area contributed by atoms with Crippen molar-refractivity contribution in [1.29, 1.82) is 0 Å². The van der Waals surface area contributed by atoms with E-state index in [4.69, 9.17) is 23.8 Å². The van der Waals surface area contributed by atoms with E-state index >= 15 is 0 Å². The van der Waals surface area contributed by atoms with Gasteiger partial charge in [-0.1, -0.05) is 109 Å². The number of nitrogens with zero attached hydrogens (tertiary/aromatic N) is 3. The van der Waals surface area contributed by atoms with Crippen LogP contribution in [-0.2, 0) is 0 Å². The first-order valence-corrected chi connectivity index (χ1v) is 15.9. The van der Waals surface area contributed by atoms with E-state index in [1.807, 2.05) is 78.9 Å². The number of hydrogen-bond acceptors (Lipinski definition) is 5. The van der Waals surface area contributed by atoms with E-state index in [0.29, 0.717) is 17.5 Å². The third kappa shape index (κ3) is 4.22. The van der Waals surface area contributed by atoms with Crippen LogP contribution in [0, 0.1) is 0 Å². The Balaban J connectivity index is 1.23. The first kappa shape index (κ1) is 26.6. The normalized spacial score (nSPS) is 11.8. The molecule has 10 rings (SSSR count). The summed E-state index contributed by atoms with van der Waals surface area (Å²) >= 11 is 0. The average Bonchev–Trinajstić information content (AvgIpc) is 3.73. The Kier molecular flexibility index (Phi) is 5.81. The second-order valence-electron chi connectivity index (χ2n) is 12.0.